The van der Waals surface area contributed by atoms with Crippen molar-refractivity contribution in [2.24, 2.45) is 17.8 Å². The molecule has 0 aliphatic heterocycles. The minimum atomic E-state index is -0.340. The van der Waals surface area contributed by atoms with Gasteiger partial charge in [0.2, 0.25) is 5.95 Å². The third-order valence-electron chi connectivity index (χ3n) is 5.50. The topological polar surface area (TPSA) is 49.8 Å². The average molecular weight is 290 g/mol. The summed E-state index contributed by atoms with van der Waals surface area (Å²) in [5, 5.41) is 6.54. The molecular weight excluding hydrogens is 267 g/mol. The normalized spacial score (nSPS) is 36.8. The standard InChI is InChI=1S/C16H23FN4/c1-2-18-15-19-9-13(17)14(20-15)21-16-6-10-3-11(7-16)5-12(4-10)8-16/h9-12H,2-8H2,1H3,(H2,18,19,20,21). The van der Waals surface area contributed by atoms with Crippen LogP contribution in [0.2, 0.25) is 0 Å². The fraction of sp³-hybridized carbons (Fsp3) is 0.750. The van der Waals surface area contributed by atoms with E-state index in [0.717, 1.165) is 24.3 Å². The summed E-state index contributed by atoms with van der Waals surface area (Å²) in [4.78, 5) is 8.32. The Morgan fingerprint density at radius 1 is 1.19 bits per heavy atom. The van der Waals surface area contributed by atoms with Crippen molar-refractivity contribution >= 4 is 11.8 Å². The molecule has 4 aliphatic rings. The average Bonchev–Trinajstić information content (AvgIpc) is 2.41. The Hall–Kier alpha value is -1.39. The first-order valence-electron chi connectivity index (χ1n) is 8.20. The van der Waals surface area contributed by atoms with Crippen LogP contribution in [0.1, 0.15) is 45.4 Å². The van der Waals surface area contributed by atoms with E-state index in [1.165, 1.54) is 44.7 Å². The highest BCUT2D eigenvalue weighted by Gasteiger charge is 2.51. The molecule has 4 bridgehead atoms. The lowest BCUT2D eigenvalue weighted by Crippen LogP contribution is -2.55. The Morgan fingerprint density at radius 3 is 2.38 bits per heavy atom. The van der Waals surface area contributed by atoms with E-state index in [4.69, 9.17) is 0 Å². The van der Waals surface area contributed by atoms with Crippen LogP contribution >= 0.6 is 0 Å². The second-order valence-corrected chi connectivity index (χ2v) is 7.24. The zero-order valence-electron chi connectivity index (χ0n) is 12.5. The maximum Gasteiger partial charge on any atom is 0.224 e. The van der Waals surface area contributed by atoms with Gasteiger partial charge in [-0.3, -0.25) is 0 Å². The molecule has 5 rings (SSSR count). The number of rotatable bonds is 4. The van der Waals surface area contributed by atoms with Crippen LogP contribution in [-0.2, 0) is 0 Å². The molecular formula is C16H23FN4. The molecule has 0 saturated heterocycles. The first kappa shape index (κ1) is 13.3. The van der Waals surface area contributed by atoms with E-state index in [1.54, 1.807) is 0 Å². The molecule has 1 heterocycles. The van der Waals surface area contributed by atoms with Gasteiger partial charge in [-0.1, -0.05) is 0 Å². The van der Waals surface area contributed by atoms with E-state index in [1.807, 2.05) is 6.92 Å². The van der Waals surface area contributed by atoms with Gasteiger partial charge in [0.1, 0.15) is 0 Å². The maximum absolute atomic E-state index is 14.1. The molecule has 21 heavy (non-hydrogen) atoms. The molecule has 2 N–H and O–H groups in total. The molecule has 0 spiro atoms. The van der Waals surface area contributed by atoms with Gasteiger partial charge in [-0.05, 0) is 63.2 Å². The molecule has 4 aliphatic carbocycles. The minimum Gasteiger partial charge on any atom is -0.362 e. The number of anilines is 2. The van der Waals surface area contributed by atoms with Crippen molar-refractivity contribution in [1.29, 1.82) is 0 Å². The lowest BCUT2D eigenvalue weighted by atomic mass is 9.53. The van der Waals surface area contributed by atoms with Crippen molar-refractivity contribution in [2.75, 3.05) is 17.2 Å². The molecule has 5 heteroatoms. The SMILES string of the molecule is CCNc1ncc(F)c(NC23CC4CC(CC(C4)C2)C3)n1. The van der Waals surface area contributed by atoms with Gasteiger partial charge < -0.3 is 10.6 Å². The highest BCUT2D eigenvalue weighted by molar-refractivity contribution is 5.44. The lowest BCUT2D eigenvalue weighted by molar-refractivity contribution is 0.0104. The Labute approximate surface area is 124 Å². The predicted molar refractivity (Wildman–Crippen MR) is 80.7 cm³/mol. The lowest BCUT2D eigenvalue weighted by Gasteiger charge is -2.57. The number of hydrogen-bond acceptors (Lipinski definition) is 4. The smallest absolute Gasteiger partial charge is 0.224 e. The van der Waals surface area contributed by atoms with Crippen molar-refractivity contribution in [2.45, 2.75) is 51.0 Å². The monoisotopic (exact) mass is 290 g/mol. The predicted octanol–water partition coefficient (Wildman–Crippen LogP) is 3.43. The van der Waals surface area contributed by atoms with E-state index in [-0.39, 0.29) is 11.4 Å². The summed E-state index contributed by atoms with van der Waals surface area (Å²) < 4.78 is 14.1. The van der Waals surface area contributed by atoms with Crippen LogP contribution in [0.3, 0.4) is 0 Å². The Morgan fingerprint density at radius 2 is 1.81 bits per heavy atom. The van der Waals surface area contributed by atoms with Crippen LogP contribution < -0.4 is 10.6 Å². The summed E-state index contributed by atoms with van der Waals surface area (Å²) in [6.07, 6.45) is 8.96. The van der Waals surface area contributed by atoms with Crippen LogP contribution in [0.4, 0.5) is 16.2 Å². The number of aromatic nitrogens is 2. The van der Waals surface area contributed by atoms with Gasteiger partial charge in [0, 0.05) is 12.1 Å². The first-order valence-corrected chi connectivity index (χ1v) is 8.20. The van der Waals surface area contributed by atoms with Crippen LogP contribution in [0.15, 0.2) is 6.20 Å². The fourth-order valence-corrected chi connectivity index (χ4v) is 5.21. The molecule has 0 radical (unpaired) electrons. The van der Waals surface area contributed by atoms with Gasteiger partial charge in [0.25, 0.3) is 0 Å². The Balaban J connectivity index is 1.59. The third-order valence-corrected chi connectivity index (χ3v) is 5.50. The summed E-state index contributed by atoms with van der Waals surface area (Å²) >= 11 is 0. The fourth-order valence-electron chi connectivity index (χ4n) is 5.21. The molecule has 0 atom stereocenters. The van der Waals surface area contributed by atoms with Gasteiger partial charge in [0.05, 0.1) is 6.20 Å². The third kappa shape index (κ3) is 2.36. The molecule has 4 saturated carbocycles. The van der Waals surface area contributed by atoms with Crippen LogP contribution in [0, 0.1) is 23.6 Å². The van der Waals surface area contributed by atoms with E-state index < -0.39 is 0 Å². The summed E-state index contributed by atoms with van der Waals surface area (Å²) in [7, 11) is 0. The molecule has 4 nitrogen and oxygen atoms in total. The number of nitrogens with zero attached hydrogens (tertiary/aromatic N) is 2. The second-order valence-electron chi connectivity index (χ2n) is 7.24. The van der Waals surface area contributed by atoms with Gasteiger partial charge in [-0.2, -0.15) is 4.98 Å². The van der Waals surface area contributed by atoms with Crippen LogP contribution in [0.5, 0.6) is 0 Å². The Bertz CT molecular complexity index is 510. The minimum absolute atomic E-state index is 0.0768. The van der Waals surface area contributed by atoms with Gasteiger partial charge in [-0.25, -0.2) is 9.37 Å². The first-order chi connectivity index (χ1) is 10.2. The molecule has 0 unspecified atom stereocenters. The van der Waals surface area contributed by atoms with Crippen LogP contribution in [0.25, 0.3) is 0 Å². The summed E-state index contributed by atoms with van der Waals surface area (Å²) in [5.74, 6) is 3.05. The number of nitrogens with one attached hydrogen (secondary N) is 2. The summed E-state index contributed by atoms with van der Waals surface area (Å²) in [5.41, 5.74) is 0.0768. The second kappa shape index (κ2) is 4.82. The zero-order valence-corrected chi connectivity index (χ0v) is 12.5. The van der Waals surface area contributed by atoms with Crippen molar-refractivity contribution in [3.05, 3.63) is 12.0 Å². The zero-order chi connectivity index (χ0) is 14.4. The van der Waals surface area contributed by atoms with E-state index in [9.17, 15) is 4.39 Å². The highest BCUT2D eigenvalue weighted by atomic mass is 19.1. The van der Waals surface area contributed by atoms with Gasteiger partial charge in [0.15, 0.2) is 11.6 Å². The molecule has 0 aromatic carbocycles. The van der Waals surface area contributed by atoms with Crippen molar-refractivity contribution in [3.63, 3.8) is 0 Å². The van der Waals surface area contributed by atoms with Gasteiger partial charge >= 0.3 is 0 Å². The van der Waals surface area contributed by atoms with E-state index in [0.29, 0.717) is 11.8 Å². The highest BCUT2D eigenvalue weighted by Crippen LogP contribution is 2.56. The molecule has 114 valence electrons. The van der Waals surface area contributed by atoms with E-state index in [2.05, 4.69) is 20.6 Å². The van der Waals surface area contributed by atoms with Crippen molar-refractivity contribution in [3.8, 4) is 0 Å². The van der Waals surface area contributed by atoms with Crippen molar-refractivity contribution in [1.82, 2.24) is 9.97 Å². The number of hydrogen-bond donors (Lipinski definition) is 2. The van der Waals surface area contributed by atoms with E-state index >= 15 is 0 Å². The molecule has 1 aromatic heterocycles. The van der Waals surface area contributed by atoms with Crippen molar-refractivity contribution < 1.29 is 4.39 Å². The summed E-state index contributed by atoms with van der Waals surface area (Å²) in [6, 6.07) is 0. The molecule has 0 amide bonds. The van der Waals surface area contributed by atoms with Crippen LogP contribution in [-0.4, -0.2) is 22.1 Å². The Kier molecular flexibility index (Phi) is 3.05. The molecule has 4 fully saturated rings. The van der Waals surface area contributed by atoms with Gasteiger partial charge in [-0.15, -0.1) is 0 Å². The quantitative estimate of drug-likeness (QED) is 0.892. The summed E-state index contributed by atoms with van der Waals surface area (Å²) in [6.45, 7) is 2.72. The molecule has 1 aromatic rings. The maximum atomic E-state index is 14.1. The number of halogens is 1. The largest absolute Gasteiger partial charge is 0.362 e.